The minimum absolute atomic E-state index is 0.0227. The van der Waals surface area contributed by atoms with Crippen molar-refractivity contribution in [1.82, 2.24) is 4.90 Å². The Hall–Kier alpha value is -1.36. The molecule has 0 spiro atoms. The Balaban J connectivity index is 2.15. The van der Waals surface area contributed by atoms with Gasteiger partial charge in [-0.2, -0.15) is 11.8 Å². The molecule has 0 saturated carbocycles. The van der Waals surface area contributed by atoms with Gasteiger partial charge in [0.2, 0.25) is 0 Å². The van der Waals surface area contributed by atoms with E-state index < -0.39 is 0 Å². The van der Waals surface area contributed by atoms with Gasteiger partial charge in [0.05, 0.1) is 12.7 Å². The van der Waals surface area contributed by atoms with E-state index in [1.165, 1.54) is 13.2 Å². The molecule has 5 heteroatoms. The SMILES string of the molecule is COc1ccc(C(=O)N2CCSC(C)(C)CC2)c(O)c1. The van der Waals surface area contributed by atoms with Crippen molar-refractivity contribution in [3.8, 4) is 11.5 Å². The lowest BCUT2D eigenvalue weighted by molar-refractivity contribution is 0.0761. The van der Waals surface area contributed by atoms with Gasteiger partial charge in [-0.05, 0) is 18.6 Å². The monoisotopic (exact) mass is 295 g/mol. The van der Waals surface area contributed by atoms with E-state index in [-0.39, 0.29) is 16.4 Å². The molecule has 0 unspecified atom stereocenters. The fraction of sp³-hybridized carbons (Fsp3) is 0.533. The number of nitrogens with zero attached hydrogens (tertiary/aromatic N) is 1. The van der Waals surface area contributed by atoms with Crippen molar-refractivity contribution >= 4 is 17.7 Å². The van der Waals surface area contributed by atoms with Crippen molar-refractivity contribution in [2.24, 2.45) is 0 Å². The summed E-state index contributed by atoms with van der Waals surface area (Å²) in [5.74, 6) is 1.34. The van der Waals surface area contributed by atoms with Gasteiger partial charge in [-0.25, -0.2) is 0 Å². The summed E-state index contributed by atoms with van der Waals surface area (Å²) >= 11 is 1.89. The van der Waals surface area contributed by atoms with E-state index in [4.69, 9.17) is 4.74 Å². The number of aromatic hydroxyl groups is 1. The second-order valence-corrected chi connectivity index (χ2v) is 7.34. The first kappa shape index (κ1) is 15.0. The lowest BCUT2D eigenvalue weighted by atomic mass is 10.1. The van der Waals surface area contributed by atoms with E-state index in [1.807, 2.05) is 16.7 Å². The highest BCUT2D eigenvalue weighted by atomic mass is 32.2. The molecule has 1 aliphatic heterocycles. The minimum atomic E-state index is -0.108. The third-order valence-corrected chi connectivity index (χ3v) is 4.93. The topological polar surface area (TPSA) is 49.8 Å². The molecule has 0 radical (unpaired) electrons. The largest absolute Gasteiger partial charge is 0.507 e. The smallest absolute Gasteiger partial charge is 0.257 e. The maximum absolute atomic E-state index is 12.5. The first-order valence-corrected chi connectivity index (χ1v) is 7.72. The second-order valence-electron chi connectivity index (χ2n) is 5.53. The van der Waals surface area contributed by atoms with Crippen LogP contribution in [0.15, 0.2) is 18.2 Å². The molecule has 2 rings (SSSR count). The zero-order chi connectivity index (χ0) is 14.8. The Morgan fingerprint density at radius 2 is 2.15 bits per heavy atom. The average molecular weight is 295 g/mol. The summed E-state index contributed by atoms with van der Waals surface area (Å²) in [6, 6.07) is 4.80. The molecule has 1 amide bonds. The van der Waals surface area contributed by atoms with Crippen LogP contribution in [0.2, 0.25) is 0 Å². The van der Waals surface area contributed by atoms with Crippen molar-refractivity contribution in [2.45, 2.75) is 25.0 Å². The Labute approximate surface area is 124 Å². The van der Waals surface area contributed by atoms with Crippen molar-refractivity contribution < 1.29 is 14.6 Å². The summed E-state index contributed by atoms with van der Waals surface area (Å²) in [5.41, 5.74) is 0.343. The average Bonchev–Trinajstić information content (AvgIpc) is 2.59. The highest BCUT2D eigenvalue weighted by Gasteiger charge is 2.27. The third-order valence-electron chi connectivity index (χ3n) is 3.56. The van der Waals surface area contributed by atoms with Gasteiger partial charge in [-0.1, -0.05) is 13.8 Å². The number of rotatable bonds is 2. The van der Waals surface area contributed by atoms with Crippen LogP contribution in [0.1, 0.15) is 30.6 Å². The van der Waals surface area contributed by atoms with Crippen LogP contribution in [0, 0.1) is 0 Å². The van der Waals surface area contributed by atoms with Crippen LogP contribution in [-0.4, -0.2) is 46.6 Å². The Morgan fingerprint density at radius 3 is 2.80 bits per heavy atom. The summed E-state index contributed by atoms with van der Waals surface area (Å²) in [5, 5.41) is 9.96. The fourth-order valence-corrected chi connectivity index (χ4v) is 3.31. The zero-order valence-electron chi connectivity index (χ0n) is 12.2. The molecule has 4 nitrogen and oxygen atoms in total. The van der Waals surface area contributed by atoms with Crippen molar-refractivity contribution in [3.05, 3.63) is 23.8 Å². The van der Waals surface area contributed by atoms with Crippen LogP contribution in [0.5, 0.6) is 11.5 Å². The van der Waals surface area contributed by atoms with E-state index >= 15 is 0 Å². The Morgan fingerprint density at radius 1 is 1.40 bits per heavy atom. The number of amides is 1. The van der Waals surface area contributed by atoms with Crippen molar-refractivity contribution in [2.75, 3.05) is 26.0 Å². The molecule has 110 valence electrons. The van der Waals surface area contributed by atoms with Gasteiger partial charge in [0, 0.05) is 29.7 Å². The molecule has 0 aromatic heterocycles. The van der Waals surface area contributed by atoms with Gasteiger partial charge in [0.25, 0.3) is 5.91 Å². The molecule has 1 aromatic carbocycles. The van der Waals surface area contributed by atoms with Crippen LogP contribution >= 0.6 is 11.8 Å². The van der Waals surface area contributed by atoms with Gasteiger partial charge in [-0.15, -0.1) is 0 Å². The molecule has 0 aliphatic carbocycles. The normalized spacial score (nSPS) is 18.4. The number of hydrogen-bond donors (Lipinski definition) is 1. The van der Waals surface area contributed by atoms with E-state index in [0.29, 0.717) is 11.3 Å². The number of carbonyl (C=O) groups is 1. The number of phenolic OH excluding ortho intramolecular Hbond substituents is 1. The molecule has 1 N–H and O–H groups in total. The number of ether oxygens (including phenoxy) is 1. The van der Waals surface area contributed by atoms with Gasteiger partial charge in [0.15, 0.2) is 0 Å². The molecule has 1 fully saturated rings. The lowest BCUT2D eigenvalue weighted by Crippen LogP contribution is -2.33. The standard InChI is InChI=1S/C15H21NO3S/c1-15(2)6-7-16(8-9-20-15)14(18)12-5-4-11(19-3)10-13(12)17/h4-5,10,17H,6-9H2,1-3H3. The number of thioether (sulfide) groups is 1. The summed E-state index contributed by atoms with van der Waals surface area (Å²) < 4.78 is 5.24. The van der Waals surface area contributed by atoms with Crippen LogP contribution in [0.3, 0.4) is 0 Å². The van der Waals surface area contributed by atoms with Gasteiger partial charge >= 0.3 is 0 Å². The Bertz CT molecular complexity index is 502. The molecular weight excluding hydrogens is 274 g/mol. The molecule has 0 atom stereocenters. The quantitative estimate of drug-likeness (QED) is 0.911. The highest BCUT2D eigenvalue weighted by Crippen LogP contribution is 2.32. The summed E-state index contributed by atoms with van der Waals surface area (Å²) in [6.07, 6.45) is 0.959. The molecular formula is C15H21NO3S. The number of methoxy groups -OCH3 is 1. The number of phenols is 1. The van der Waals surface area contributed by atoms with E-state index in [2.05, 4.69) is 13.8 Å². The number of hydrogen-bond acceptors (Lipinski definition) is 4. The first-order valence-electron chi connectivity index (χ1n) is 6.73. The van der Waals surface area contributed by atoms with Crippen LogP contribution in [-0.2, 0) is 0 Å². The van der Waals surface area contributed by atoms with Crippen LogP contribution in [0.25, 0.3) is 0 Å². The molecule has 1 heterocycles. The number of carbonyl (C=O) groups excluding carboxylic acids is 1. The van der Waals surface area contributed by atoms with Gasteiger partial charge in [0.1, 0.15) is 11.5 Å². The maximum Gasteiger partial charge on any atom is 0.257 e. The maximum atomic E-state index is 12.5. The zero-order valence-corrected chi connectivity index (χ0v) is 13.0. The number of benzene rings is 1. The van der Waals surface area contributed by atoms with E-state index in [9.17, 15) is 9.90 Å². The molecule has 0 bridgehead atoms. The lowest BCUT2D eigenvalue weighted by Gasteiger charge is -2.23. The molecule has 1 aliphatic rings. The predicted octanol–water partition coefficient (Wildman–Crippen LogP) is 2.76. The molecule has 1 aromatic rings. The minimum Gasteiger partial charge on any atom is -0.507 e. The van der Waals surface area contributed by atoms with E-state index in [0.717, 1.165) is 25.3 Å². The summed E-state index contributed by atoms with van der Waals surface area (Å²) in [7, 11) is 1.53. The summed E-state index contributed by atoms with van der Waals surface area (Å²) in [4.78, 5) is 14.3. The predicted molar refractivity (Wildman–Crippen MR) is 81.7 cm³/mol. The fourth-order valence-electron chi connectivity index (χ4n) is 2.21. The van der Waals surface area contributed by atoms with E-state index in [1.54, 1.807) is 12.1 Å². The second kappa shape index (κ2) is 5.95. The van der Waals surface area contributed by atoms with Gasteiger partial charge in [-0.3, -0.25) is 4.79 Å². The van der Waals surface area contributed by atoms with Crippen molar-refractivity contribution in [3.63, 3.8) is 0 Å². The van der Waals surface area contributed by atoms with Crippen LogP contribution < -0.4 is 4.74 Å². The highest BCUT2D eigenvalue weighted by molar-refractivity contribution is 8.00. The van der Waals surface area contributed by atoms with Crippen LogP contribution in [0.4, 0.5) is 0 Å². The van der Waals surface area contributed by atoms with Crippen molar-refractivity contribution in [1.29, 1.82) is 0 Å². The third kappa shape index (κ3) is 3.39. The molecule has 1 saturated heterocycles. The Kier molecular flexibility index (Phi) is 4.48. The first-order chi connectivity index (χ1) is 9.43. The summed E-state index contributed by atoms with van der Waals surface area (Å²) in [6.45, 7) is 5.86. The molecule has 20 heavy (non-hydrogen) atoms. The van der Waals surface area contributed by atoms with Gasteiger partial charge < -0.3 is 14.7 Å².